The molecule has 5 nitrogen and oxygen atoms in total. The van der Waals surface area contributed by atoms with Crippen LogP contribution in [0.5, 0.6) is 5.75 Å². The molecule has 0 aliphatic rings. The predicted octanol–water partition coefficient (Wildman–Crippen LogP) is 2.48. The molecule has 0 unspecified atom stereocenters. The quantitative estimate of drug-likeness (QED) is 0.674. The van der Waals surface area contributed by atoms with Gasteiger partial charge in [-0.05, 0) is 37.0 Å². The highest BCUT2D eigenvalue weighted by molar-refractivity contribution is 5.77. The first-order valence-corrected chi connectivity index (χ1v) is 7.71. The summed E-state index contributed by atoms with van der Waals surface area (Å²) < 4.78 is 10.0. The Morgan fingerprint density at radius 2 is 1.86 bits per heavy atom. The van der Waals surface area contributed by atoms with Crippen molar-refractivity contribution in [2.24, 2.45) is 0 Å². The number of nitrogens with one attached hydrogen (secondary N) is 1. The fourth-order valence-electron chi connectivity index (χ4n) is 1.91. The summed E-state index contributed by atoms with van der Waals surface area (Å²) in [6.45, 7) is 2.99. The summed E-state index contributed by atoms with van der Waals surface area (Å²) in [7, 11) is 1.63. The van der Waals surface area contributed by atoms with Crippen molar-refractivity contribution in [2.75, 3.05) is 20.3 Å². The number of carbonyl (C=O) groups excluding carboxylic acids is 2. The van der Waals surface area contributed by atoms with Crippen LogP contribution in [0.2, 0.25) is 0 Å². The van der Waals surface area contributed by atoms with Crippen molar-refractivity contribution in [3.05, 3.63) is 29.8 Å². The molecule has 0 aliphatic carbocycles. The standard InChI is InChI=1S/C17H25NO4/c1-3-13-22-17(20)6-4-5-16(19)18-12-11-14-7-9-15(21-2)10-8-14/h7-10H,3-6,11-13H2,1-2H3,(H,18,19). The molecular weight excluding hydrogens is 282 g/mol. The van der Waals surface area contributed by atoms with Gasteiger partial charge in [0.15, 0.2) is 0 Å². The maximum absolute atomic E-state index is 11.6. The zero-order valence-electron chi connectivity index (χ0n) is 13.4. The van der Waals surface area contributed by atoms with Gasteiger partial charge in [0.25, 0.3) is 0 Å². The summed E-state index contributed by atoms with van der Waals surface area (Å²) in [4.78, 5) is 22.9. The van der Waals surface area contributed by atoms with E-state index in [0.717, 1.165) is 24.2 Å². The monoisotopic (exact) mass is 307 g/mol. The minimum atomic E-state index is -0.229. The average molecular weight is 307 g/mol. The Hall–Kier alpha value is -2.04. The van der Waals surface area contributed by atoms with Crippen LogP contribution in [0.15, 0.2) is 24.3 Å². The average Bonchev–Trinajstić information content (AvgIpc) is 2.53. The third-order valence-corrected chi connectivity index (χ3v) is 3.15. The van der Waals surface area contributed by atoms with Crippen LogP contribution >= 0.6 is 0 Å². The van der Waals surface area contributed by atoms with Gasteiger partial charge in [-0.15, -0.1) is 0 Å². The van der Waals surface area contributed by atoms with Crippen LogP contribution in [0, 0.1) is 0 Å². The Morgan fingerprint density at radius 1 is 1.14 bits per heavy atom. The van der Waals surface area contributed by atoms with E-state index in [1.807, 2.05) is 31.2 Å². The van der Waals surface area contributed by atoms with Crippen molar-refractivity contribution in [3.63, 3.8) is 0 Å². The van der Waals surface area contributed by atoms with Gasteiger partial charge in [0.2, 0.25) is 5.91 Å². The first-order chi connectivity index (χ1) is 10.7. The minimum Gasteiger partial charge on any atom is -0.497 e. The zero-order valence-corrected chi connectivity index (χ0v) is 13.4. The van der Waals surface area contributed by atoms with Crippen LogP contribution in [0.3, 0.4) is 0 Å². The highest BCUT2D eigenvalue weighted by Crippen LogP contribution is 2.11. The van der Waals surface area contributed by atoms with Crippen LogP contribution in [0.1, 0.15) is 38.2 Å². The molecular formula is C17H25NO4. The van der Waals surface area contributed by atoms with Crippen molar-refractivity contribution < 1.29 is 19.1 Å². The van der Waals surface area contributed by atoms with E-state index in [1.165, 1.54) is 0 Å². The normalized spacial score (nSPS) is 10.1. The van der Waals surface area contributed by atoms with Gasteiger partial charge >= 0.3 is 5.97 Å². The summed E-state index contributed by atoms with van der Waals surface area (Å²) in [5.41, 5.74) is 1.14. The lowest BCUT2D eigenvalue weighted by atomic mass is 10.1. The van der Waals surface area contributed by atoms with Gasteiger partial charge in [0.1, 0.15) is 5.75 Å². The molecule has 0 spiro atoms. The summed E-state index contributed by atoms with van der Waals surface area (Å²) in [6.07, 6.45) is 2.76. The number of hydrogen-bond acceptors (Lipinski definition) is 4. The lowest BCUT2D eigenvalue weighted by Crippen LogP contribution is -2.25. The second kappa shape index (κ2) is 10.7. The molecule has 22 heavy (non-hydrogen) atoms. The minimum absolute atomic E-state index is 0.0307. The largest absolute Gasteiger partial charge is 0.497 e. The maximum atomic E-state index is 11.6. The van der Waals surface area contributed by atoms with Crippen LogP contribution in [-0.2, 0) is 20.7 Å². The SMILES string of the molecule is CCCOC(=O)CCCC(=O)NCCc1ccc(OC)cc1. The number of ether oxygens (including phenoxy) is 2. The third kappa shape index (κ3) is 7.67. The molecule has 1 N–H and O–H groups in total. The molecule has 0 atom stereocenters. The molecule has 0 saturated heterocycles. The molecule has 0 fully saturated rings. The van der Waals surface area contributed by atoms with Crippen molar-refractivity contribution in [2.45, 2.75) is 39.0 Å². The number of rotatable bonds is 10. The van der Waals surface area contributed by atoms with Gasteiger partial charge < -0.3 is 14.8 Å². The van der Waals surface area contributed by atoms with E-state index < -0.39 is 0 Å². The zero-order chi connectivity index (χ0) is 16.2. The lowest BCUT2D eigenvalue weighted by molar-refractivity contribution is -0.143. The molecule has 0 aliphatic heterocycles. The Balaban J connectivity index is 2.11. The molecule has 122 valence electrons. The highest BCUT2D eigenvalue weighted by atomic mass is 16.5. The van der Waals surface area contributed by atoms with Crippen molar-refractivity contribution in [3.8, 4) is 5.75 Å². The van der Waals surface area contributed by atoms with Crippen molar-refractivity contribution >= 4 is 11.9 Å². The van der Waals surface area contributed by atoms with E-state index in [-0.39, 0.29) is 11.9 Å². The van der Waals surface area contributed by atoms with Crippen molar-refractivity contribution in [1.82, 2.24) is 5.32 Å². The van der Waals surface area contributed by atoms with Crippen LogP contribution < -0.4 is 10.1 Å². The van der Waals surface area contributed by atoms with Gasteiger partial charge in [-0.25, -0.2) is 0 Å². The summed E-state index contributed by atoms with van der Waals surface area (Å²) in [6, 6.07) is 7.77. The molecule has 0 bridgehead atoms. The maximum Gasteiger partial charge on any atom is 0.305 e. The van der Waals surface area contributed by atoms with Gasteiger partial charge in [-0.2, -0.15) is 0 Å². The Labute approximate surface area is 132 Å². The molecule has 0 aromatic heterocycles. The van der Waals surface area contributed by atoms with Crippen LogP contribution in [0.4, 0.5) is 0 Å². The topological polar surface area (TPSA) is 64.6 Å². The second-order valence-electron chi connectivity index (χ2n) is 5.02. The third-order valence-electron chi connectivity index (χ3n) is 3.15. The van der Waals surface area contributed by atoms with Crippen LogP contribution in [-0.4, -0.2) is 32.1 Å². The van der Waals surface area contributed by atoms with Gasteiger partial charge in [-0.3, -0.25) is 9.59 Å². The fourth-order valence-corrected chi connectivity index (χ4v) is 1.91. The Kier molecular flexibility index (Phi) is 8.72. The molecule has 1 aromatic carbocycles. The van der Waals surface area contributed by atoms with Gasteiger partial charge in [0, 0.05) is 19.4 Å². The number of amides is 1. The number of methoxy groups -OCH3 is 1. The van der Waals surface area contributed by atoms with E-state index in [0.29, 0.717) is 32.4 Å². The smallest absolute Gasteiger partial charge is 0.305 e. The lowest BCUT2D eigenvalue weighted by Gasteiger charge is -2.06. The highest BCUT2D eigenvalue weighted by Gasteiger charge is 2.05. The number of hydrogen-bond donors (Lipinski definition) is 1. The van der Waals surface area contributed by atoms with E-state index in [1.54, 1.807) is 7.11 Å². The number of esters is 1. The molecule has 0 heterocycles. The summed E-state index contributed by atoms with van der Waals surface area (Å²) in [5, 5.41) is 2.85. The Bertz CT molecular complexity index is 456. The molecule has 0 saturated carbocycles. The fraction of sp³-hybridized carbons (Fsp3) is 0.529. The Morgan fingerprint density at radius 3 is 2.50 bits per heavy atom. The first kappa shape index (κ1) is 18.0. The van der Waals surface area contributed by atoms with E-state index >= 15 is 0 Å². The predicted molar refractivity (Wildman–Crippen MR) is 84.8 cm³/mol. The van der Waals surface area contributed by atoms with Crippen LogP contribution in [0.25, 0.3) is 0 Å². The molecule has 1 aromatic rings. The first-order valence-electron chi connectivity index (χ1n) is 7.71. The van der Waals surface area contributed by atoms with E-state index in [4.69, 9.17) is 9.47 Å². The van der Waals surface area contributed by atoms with Crippen molar-refractivity contribution in [1.29, 1.82) is 0 Å². The number of carbonyl (C=O) groups is 2. The molecule has 0 radical (unpaired) electrons. The van der Waals surface area contributed by atoms with Gasteiger partial charge in [-0.1, -0.05) is 19.1 Å². The van der Waals surface area contributed by atoms with E-state index in [9.17, 15) is 9.59 Å². The van der Waals surface area contributed by atoms with E-state index in [2.05, 4.69) is 5.32 Å². The second-order valence-corrected chi connectivity index (χ2v) is 5.02. The molecule has 5 heteroatoms. The number of benzene rings is 1. The molecule has 1 amide bonds. The summed E-state index contributed by atoms with van der Waals surface area (Å²) in [5.74, 6) is 0.562. The molecule has 1 rings (SSSR count). The van der Waals surface area contributed by atoms with Gasteiger partial charge in [0.05, 0.1) is 13.7 Å². The summed E-state index contributed by atoms with van der Waals surface area (Å²) >= 11 is 0.